The molecule has 7 nitrogen and oxygen atoms in total. The molecule has 1 unspecified atom stereocenters. The monoisotopic (exact) mass is 422 g/mol. The van der Waals surface area contributed by atoms with E-state index in [2.05, 4.69) is 15.5 Å². The zero-order valence-corrected chi connectivity index (χ0v) is 16.8. The zero-order valence-electron chi connectivity index (χ0n) is 16.0. The van der Waals surface area contributed by atoms with Crippen molar-refractivity contribution >= 4 is 34.8 Å². The molecular weight excluding hydrogens is 404 g/mol. The Bertz CT molecular complexity index is 1120. The smallest absolute Gasteiger partial charge is 0.230 e. The maximum absolute atomic E-state index is 12.8. The Labute approximate surface area is 178 Å². The van der Waals surface area contributed by atoms with Gasteiger partial charge in [-0.15, -0.1) is 0 Å². The van der Waals surface area contributed by atoms with E-state index in [-0.39, 0.29) is 18.2 Å². The van der Waals surface area contributed by atoms with Crippen LogP contribution in [0.5, 0.6) is 0 Å². The summed E-state index contributed by atoms with van der Waals surface area (Å²) in [5.74, 6) is 0.840. The summed E-state index contributed by atoms with van der Waals surface area (Å²) in [7, 11) is 0. The molecule has 152 valence electrons. The molecule has 5 rings (SSSR count). The summed E-state index contributed by atoms with van der Waals surface area (Å²) in [6, 6.07) is 14.4. The van der Waals surface area contributed by atoms with Gasteiger partial charge < -0.3 is 14.7 Å². The second-order valence-electron chi connectivity index (χ2n) is 7.69. The number of rotatable bonds is 5. The van der Waals surface area contributed by atoms with Crippen LogP contribution in [-0.2, 0) is 9.59 Å². The molecule has 1 aromatic heterocycles. The highest BCUT2D eigenvalue weighted by Crippen LogP contribution is 2.39. The molecule has 1 aliphatic heterocycles. The van der Waals surface area contributed by atoms with Crippen LogP contribution < -0.4 is 10.2 Å². The van der Waals surface area contributed by atoms with E-state index in [9.17, 15) is 9.59 Å². The molecule has 30 heavy (non-hydrogen) atoms. The Morgan fingerprint density at radius 1 is 1.17 bits per heavy atom. The highest BCUT2D eigenvalue weighted by Gasteiger charge is 2.35. The number of hydrogen-bond donors (Lipinski definition) is 1. The van der Waals surface area contributed by atoms with Crippen LogP contribution in [-0.4, -0.2) is 28.5 Å². The molecule has 0 spiro atoms. The lowest BCUT2D eigenvalue weighted by atomic mass is 10.1. The summed E-state index contributed by atoms with van der Waals surface area (Å²) in [6.45, 7) is 0.320. The topological polar surface area (TPSA) is 88.3 Å². The van der Waals surface area contributed by atoms with Gasteiger partial charge in [-0.2, -0.15) is 4.98 Å². The van der Waals surface area contributed by atoms with Gasteiger partial charge in [0.25, 0.3) is 0 Å². The fourth-order valence-electron chi connectivity index (χ4n) is 3.61. The third kappa shape index (κ3) is 3.80. The van der Waals surface area contributed by atoms with Crippen LogP contribution in [0.1, 0.15) is 31.1 Å². The molecule has 1 saturated carbocycles. The molecular formula is C22H19ClN4O3. The Morgan fingerprint density at radius 2 is 2.00 bits per heavy atom. The molecule has 2 amide bonds. The van der Waals surface area contributed by atoms with E-state index in [1.807, 2.05) is 24.3 Å². The second kappa shape index (κ2) is 7.57. The van der Waals surface area contributed by atoms with Crippen LogP contribution in [0.15, 0.2) is 53.1 Å². The van der Waals surface area contributed by atoms with E-state index in [0.29, 0.717) is 40.6 Å². The van der Waals surface area contributed by atoms with Crippen molar-refractivity contribution in [3.8, 4) is 11.4 Å². The molecule has 1 atom stereocenters. The maximum atomic E-state index is 12.8. The van der Waals surface area contributed by atoms with Crippen LogP contribution in [0.4, 0.5) is 11.4 Å². The van der Waals surface area contributed by atoms with Gasteiger partial charge in [-0.1, -0.05) is 35.0 Å². The molecule has 2 aliphatic rings. The molecule has 0 bridgehead atoms. The van der Waals surface area contributed by atoms with Crippen molar-refractivity contribution in [1.82, 2.24) is 10.1 Å². The summed E-state index contributed by atoms with van der Waals surface area (Å²) in [4.78, 5) is 31.3. The third-order valence-corrected chi connectivity index (χ3v) is 5.61. The second-order valence-corrected chi connectivity index (χ2v) is 8.12. The van der Waals surface area contributed by atoms with Crippen molar-refractivity contribution in [2.75, 3.05) is 16.8 Å². The van der Waals surface area contributed by atoms with E-state index in [1.54, 1.807) is 29.2 Å². The van der Waals surface area contributed by atoms with Crippen molar-refractivity contribution in [2.24, 2.45) is 5.92 Å². The Morgan fingerprint density at radius 3 is 2.80 bits per heavy atom. The van der Waals surface area contributed by atoms with Gasteiger partial charge in [-0.25, -0.2) is 0 Å². The van der Waals surface area contributed by atoms with Gasteiger partial charge in [0.2, 0.25) is 23.5 Å². The molecule has 1 saturated heterocycles. The molecule has 2 heterocycles. The fraction of sp³-hybridized carbons (Fsp3) is 0.273. The normalized spacial score (nSPS) is 18.6. The van der Waals surface area contributed by atoms with Gasteiger partial charge in [-0.3, -0.25) is 9.59 Å². The standard InChI is InChI=1S/C22H19ClN4O3/c23-16-4-2-6-18(11-16)27-12-15(10-19(27)28)21(29)24-17-5-1-3-14(9-17)20-25-22(30-26-20)13-7-8-13/h1-6,9,11,13,15H,7-8,10,12H2,(H,24,29). The average Bonchev–Trinajstić information content (AvgIpc) is 3.33. The van der Waals surface area contributed by atoms with Crippen LogP contribution in [0, 0.1) is 5.92 Å². The molecule has 2 fully saturated rings. The van der Waals surface area contributed by atoms with E-state index >= 15 is 0 Å². The summed E-state index contributed by atoms with van der Waals surface area (Å²) in [5, 5.41) is 7.51. The van der Waals surface area contributed by atoms with Crippen molar-refractivity contribution in [3.05, 3.63) is 59.4 Å². The Hall–Kier alpha value is -3.19. The quantitative estimate of drug-likeness (QED) is 0.663. The summed E-state index contributed by atoms with van der Waals surface area (Å²) in [5.41, 5.74) is 2.10. The third-order valence-electron chi connectivity index (χ3n) is 5.37. The van der Waals surface area contributed by atoms with Crippen molar-refractivity contribution in [3.63, 3.8) is 0 Å². The maximum Gasteiger partial charge on any atom is 0.230 e. The van der Waals surface area contributed by atoms with Crippen molar-refractivity contribution in [1.29, 1.82) is 0 Å². The van der Waals surface area contributed by atoms with Crippen LogP contribution in [0.3, 0.4) is 0 Å². The number of hydrogen-bond acceptors (Lipinski definition) is 5. The Balaban J connectivity index is 1.28. The number of benzene rings is 2. The number of carbonyl (C=O) groups is 2. The SMILES string of the molecule is O=C(Nc1cccc(-c2noc(C3CC3)n2)c1)C1CC(=O)N(c2cccc(Cl)c2)C1. The van der Waals surface area contributed by atoms with E-state index in [0.717, 1.165) is 18.4 Å². The largest absolute Gasteiger partial charge is 0.339 e. The van der Waals surface area contributed by atoms with E-state index in [1.165, 1.54) is 0 Å². The predicted octanol–water partition coefficient (Wildman–Crippen LogP) is 4.26. The molecule has 2 aromatic carbocycles. The number of aromatic nitrogens is 2. The lowest BCUT2D eigenvalue weighted by molar-refractivity contribution is -0.122. The van der Waals surface area contributed by atoms with Gasteiger partial charge in [0.15, 0.2) is 0 Å². The first-order valence-electron chi connectivity index (χ1n) is 9.87. The lowest BCUT2D eigenvalue weighted by Crippen LogP contribution is -2.28. The van der Waals surface area contributed by atoms with Crippen LogP contribution >= 0.6 is 11.6 Å². The van der Waals surface area contributed by atoms with Gasteiger partial charge in [0, 0.05) is 40.8 Å². The molecule has 3 aromatic rings. The van der Waals surface area contributed by atoms with E-state index < -0.39 is 5.92 Å². The number of nitrogens with zero attached hydrogens (tertiary/aromatic N) is 3. The first kappa shape index (κ1) is 18.8. The number of anilines is 2. The highest BCUT2D eigenvalue weighted by molar-refractivity contribution is 6.31. The first-order chi connectivity index (χ1) is 14.6. The van der Waals surface area contributed by atoms with Crippen LogP contribution in [0.25, 0.3) is 11.4 Å². The fourth-order valence-corrected chi connectivity index (χ4v) is 3.79. The number of nitrogens with one attached hydrogen (secondary N) is 1. The first-order valence-corrected chi connectivity index (χ1v) is 10.3. The number of halogens is 1. The highest BCUT2D eigenvalue weighted by atomic mass is 35.5. The van der Waals surface area contributed by atoms with Crippen LogP contribution in [0.2, 0.25) is 5.02 Å². The summed E-state index contributed by atoms with van der Waals surface area (Å²) in [6.07, 6.45) is 2.34. The van der Waals surface area contributed by atoms with E-state index in [4.69, 9.17) is 16.1 Å². The minimum Gasteiger partial charge on any atom is -0.339 e. The van der Waals surface area contributed by atoms with Gasteiger partial charge in [0.1, 0.15) is 0 Å². The molecule has 1 aliphatic carbocycles. The van der Waals surface area contributed by atoms with Gasteiger partial charge >= 0.3 is 0 Å². The van der Waals surface area contributed by atoms with Gasteiger partial charge in [-0.05, 0) is 43.2 Å². The van der Waals surface area contributed by atoms with Crippen molar-refractivity contribution in [2.45, 2.75) is 25.2 Å². The minimum absolute atomic E-state index is 0.0921. The molecule has 8 heteroatoms. The lowest BCUT2D eigenvalue weighted by Gasteiger charge is -2.17. The minimum atomic E-state index is -0.438. The molecule has 0 radical (unpaired) electrons. The summed E-state index contributed by atoms with van der Waals surface area (Å²) >= 11 is 6.03. The van der Waals surface area contributed by atoms with Gasteiger partial charge in [0.05, 0.1) is 5.92 Å². The summed E-state index contributed by atoms with van der Waals surface area (Å²) < 4.78 is 5.32. The Kier molecular flexibility index (Phi) is 4.75. The number of carbonyl (C=O) groups excluding carboxylic acids is 2. The molecule has 1 N–H and O–H groups in total. The van der Waals surface area contributed by atoms with Crippen molar-refractivity contribution < 1.29 is 14.1 Å². The number of amides is 2. The predicted molar refractivity (Wildman–Crippen MR) is 112 cm³/mol. The zero-order chi connectivity index (χ0) is 20.7. The average molecular weight is 423 g/mol.